The van der Waals surface area contributed by atoms with Gasteiger partial charge in [0.15, 0.2) is 11.6 Å². The highest BCUT2D eigenvalue weighted by atomic mass is 32.1. The Morgan fingerprint density at radius 1 is 0.536 bits per heavy atom. The van der Waals surface area contributed by atoms with Gasteiger partial charge >= 0.3 is 0 Å². The number of imidazole rings is 3. The van der Waals surface area contributed by atoms with E-state index in [1.54, 1.807) is 80.5 Å². The zero-order chi connectivity index (χ0) is 70.0. The van der Waals surface area contributed by atoms with Gasteiger partial charge in [-0.1, -0.05) is 97.8 Å². The van der Waals surface area contributed by atoms with Crippen molar-refractivity contribution in [2.75, 3.05) is 0 Å². The van der Waals surface area contributed by atoms with E-state index < -0.39 is 0 Å². The number of aromatic amines is 3. The van der Waals surface area contributed by atoms with Gasteiger partial charge in [0.25, 0.3) is 0 Å². The van der Waals surface area contributed by atoms with Crippen LogP contribution >= 0.6 is 22.7 Å². The molecule has 15 rings (SSSR count). The third-order valence-electron chi connectivity index (χ3n) is 12.5. The van der Waals surface area contributed by atoms with Crippen molar-refractivity contribution in [2.24, 2.45) is 7.05 Å². The van der Waals surface area contributed by atoms with E-state index in [1.165, 1.54) is 44.6 Å². The topological polar surface area (TPSA) is 230 Å². The molecular formula is C76H96FN15O3S2. The largest absolute Gasteiger partial charge is 0.488 e. The third kappa shape index (κ3) is 31.6. The van der Waals surface area contributed by atoms with Crippen molar-refractivity contribution in [1.29, 1.82) is 0 Å². The van der Waals surface area contributed by atoms with Crippen LogP contribution in [0.4, 0.5) is 4.39 Å². The number of thiazole rings is 2. The summed E-state index contributed by atoms with van der Waals surface area (Å²) in [6, 6.07) is 49.1. The molecular weight excluding hydrogens is 1250 g/mol. The minimum atomic E-state index is -0.235. The second-order valence-corrected chi connectivity index (χ2v) is 25.2. The number of para-hydroxylation sites is 4. The fraction of sp³-hybridized carbons (Fsp3) is 0.276. The van der Waals surface area contributed by atoms with Crippen LogP contribution in [-0.4, -0.2) is 80.3 Å². The first-order valence-corrected chi connectivity index (χ1v) is 32.8. The summed E-state index contributed by atoms with van der Waals surface area (Å²) in [7, 11) is 1.97. The molecule has 0 aliphatic carbocycles. The van der Waals surface area contributed by atoms with Gasteiger partial charge in [0.1, 0.15) is 34.6 Å². The summed E-state index contributed by atoms with van der Waals surface area (Å²) in [6.07, 6.45) is 10.9. The van der Waals surface area contributed by atoms with E-state index >= 15 is 0 Å². The average Bonchev–Trinajstić information content (AvgIpc) is 1.84. The highest BCUT2D eigenvalue weighted by molar-refractivity contribution is 7.18. The van der Waals surface area contributed by atoms with Crippen LogP contribution in [0.15, 0.2) is 203 Å². The molecule has 0 spiro atoms. The van der Waals surface area contributed by atoms with E-state index in [4.69, 9.17) is 9.26 Å². The van der Waals surface area contributed by atoms with Gasteiger partial charge in [-0.25, -0.2) is 24.3 Å². The molecule has 10 aromatic heterocycles. The molecule has 0 amide bonds. The number of aryl methyl sites for hydroxylation is 13. The van der Waals surface area contributed by atoms with Gasteiger partial charge in [-0.15, -0.1) is 22.7 Å². The van der Waals surface area contributed by atoms with Crippen LogP contribution in [0.5, 0.6) is 5.75 Å². The fourth-order valence-electron chi connectivity index (χ4n) is 7.92. The van der Waals surface area contributed by atoms with Crippen LogP contribution in [0, 0.1) is 88.9 Å². The predicted molar refractivity (Wildman–Crippen MR) is 399 cm³/mol. The molecule has 0 bridgehead atoms. The van der Waals surface area contributed by atoms with Crippen LogP contribution in [0.25, 0.3) is 43.2 Å². The summed E-state index contributed by atoms with van der Waals surface area (Å²) in [5.41, 5.74) is 10.8. The maximum atomic E-state index is 12.6. The Morgan fingerprint density at radius 2 is 1.13 bits per heavy atom. The standard InChI is InChI=1S/C11H16O.C9H9N.C8H7FN2.C8H8N2.C8H7NS.C6H10N2O.2C6H7N.C5H8N2.C4H6N2O.C4H5NS.CH4.H2/c1-9-5-7-10(8-6-9)12-11(2,3)4;1-7-6-8-4-2-3-5-9(8)10-7;1-5-10-7-3-2-6(9)4-8(7)11-5;2*1-6-9-7-4-2-3-5-8(7)10-6;1-4(2)6-7-5(3)9-8-6;1-6-2-4-7-5-3-6;1-6-4-2-3-5-7-6;1-5-6-3-4-7(5)2;1-3-5-4(2)7-6-3;1-4-5-2-3-6-4;;/h5-8H,1-4H3;2-6,10H,1H3;2-4H,1H3,(H,10,11);2-5H,1H3,(H,9,10);2-5H,1H3;4H,1-3H3;2*2-5H,1H3;3-4H,1-2H3;1-2H3;2-3H,1H3;1H4;1H. The van der Waals surface area contributed by atoms with Crippen LogP contribution in [-0.2, 0) is 7.05 Å². The van der Waals surface area contributed by atoms with Crippen molar-refractivity contribution in [2.45, 2.75) is 137 Å². The van der Waals surface area contributed by atoms with Gasteiger partial charge in [0.2, 0.25) is 11.8 Å². The van der Waals surface area contributed by atoms with E-state index in [1.807, 2.05) is 197 Å². The molecule has 5 aromatic carbocycles. The van der Waals surface area contributed by atoms with Gasteiger partial charge in [0.05, 0.1) is 42.3 Å². The zero-order valence-electron chi connectivity index (χ0n) is 58.3. The van der Waals surface area contributed by atoms with Gasteiger partial charge in [-0.3, -0.25) is 15.0 Å². The molecule has 0 unspecified atom stereocenters. The lowest BCUT2D eigenvalue weighted by Crippen LogP contribution is -2.22. The van der Waals surface area contributed by atoms with E-state index in [-0.39, 0.29) is 20.3 Å². The first-order chi connectivity index (χ1) is 45.8. The second kappa shape index (κ2) is 41.4. The van der Waals surface area contributed by atoms with Crippen molar-refractivity contribution >= 4 is 65.9 Å². The number of benzene rings is 5. The minimum Gasteiger partial charge on any atom is -0.488 e. The first kappa shape index (κ1) is 79.1. The molecule has 21 heteroatoms. The molecule has 0 fully saturated rings. The van der Waals surface area contributed by atoms with Gasteiger partial charge < -0.3 is 33.3 Å². The Kier molecular flexibility index (Phi) is 33.8. The van der Waals surface area contributed by atoms with Gasteiger partial charge in [-0.05, 0) is 192 Å². The number of halogens is 1. The van der Waals surface area contributed by atoms with Crippen LogP contribution in [0.2, 0.25) is 0 Å². The first-order valence-electron chi connectivity index (χ1n) is 31.1. The predicted octanol–water partition coefficient (Wildman–Crippen LogP) is 20.2. The summed E-state index contributed by atoms with van der Waals surface area (Å²) >= 11 is 3.41. The van der Waals surface area contributed by atoms with Gasteiger partial charge in [-0.2, -0.15) is 9.97 Å². The lowest BCUT2D eigenvalue weighted by Gasteiger charge is -2.21. The molecule has 0 aliphatic heterocycles. The summed E-state index contributed by atoms with van der Waals surface area (Å²) in [5, 5.41) is 12.8. The molecule has 512 valence electrons. The number of pyridine rings is 2. The Hall–Kier alpha value is -10.4. The average molecular weight is 1350 g/mol. The van der Waals surface area contributed by atoms with Crippen molar-refractivity contribution in [3.05, 3.63) is 273 Å². The number of hydrogen-bond acceptors (Lipinski definition) is 16. The smallest absolute Gasteiger partial charge is 0.223 e. The maximum absolute atomic E-state index is 12.6. The van der Waals surface area contributed by atoms with Crippen molar-refractivity contribution in [1.82, 2.24) is 74.7 Å². The Bertz CT molecular complexity index is 4210. The number of nitrogens with one attached hydrogen (secondary N) is 3. The Labute approximate surface area is 579 Å². The molecule has 3 N–H and O–H groups in total. The molecule has 0 saturated heterocycles. The molecule has 0 radical (unpaired) electrons. The second-order valence-electron chi connectivity index (χ2n) is 22.9. The van der Waals surface area contributed by atoms with Crippen molar-refractivity contribution < 1.29 is 19.6 Å². The monoisotopic (exact) mass is 1350 g/mol. The molecule has 18 nitrogen and oxygen atoms in total. The number of fused-ring (bicyclic) bond motifs is 4. The molecule has 0 aliphatic rings. The lowest BCUT2D eigenvalue weighted by molar-refractivity contribution is 0.131. The highest BCUT2D eigenvalue weighted by Gasteiger charge is 2.11. The molecule has 97 heavy (non-hydrogen) atoms. The van der Waals surface area contributed by atoms with Gasteiger partial charge in [0, 0.05) is 87.7 Å². The van der Waals surface area contributed by atoms with E-state index in [0.29, 0.717) is 23.5 Å². The van der Waals surface area contributed by atoms with Crippen LogP contribution < -0.4 is 4.74 Å². The SMILES string of the molecule is C.Cc1cc2ccccc2[nH]1.Cc1ccc(OC(C)(C)C)cc1.Cc1ccccn1.Cc1ccncc1.Cc1nc(C(C)C)no1.Cc1nc2ccc(F)cc2[nH]1.Cc1nc2ccccc2[nH]1.Cc1nc2ccccc2s1.Cc1nccn1C.Cc1nccs1.Cc1noc(C)n1.[HH]. The highest BCUT2D eigenvalue weighted by Crippen LogP contribution is 2.21. The summed E-state index contributed by atoms with van der Waals surface area (Å²) < 4.78 is 30.9. The van der Waals surface area contributed by atoms with Crippen LogP contribution in [0.3, 0.4) is 0 Å². The van der Waals surface area contributed by atoms with E-state index in [0.717, 1.165) is 72.3 Å². The number of hydrogen-bond donors (Lipinski definition) is 3. The fourth-order valence-corrected chi connectivity index (χ4v) is 9.18. The van der Waals surface area contributed by atoms with E-state index in [2.05, 4.69) is 131 Å². The number of nitrogens with zero attached hydrogens (tertiary/aromatic N) is 12. The van der Waals surface area contributed by atoms with Crippen molar-refractivity contribution in [3.8, 4) is 5.75 Å². The maximum Gasteiger partial charge on any atom is 0.223 e. The third-order valence-corrected chi connectivity index (χ3v) is 14.2. The zero-order valence-corrected chi connectivity index (χ0v) is 60.0. The summed E-state index contributed by atoms with van der Waals surface area (Å²) in [4.78, 5) is 45.7. The lowest BCUT2D eigenvalue weighted by atomic mass is 10.2. The molecule has 0 atom stereocenters. The number of ether oxygens (including phenoxy) is 1. The summed E-state index contributed by atoms with van der Waals surface area (Å²) in [6.45, 7) is 33.5. The molecule has 0 saturated carbocycles. The summed E-state index contributed by atoms with van der Waals surface area (Å²) in [5.74, 6) is 6.64. The van der Waals surface area contributed by atoms with Crippen molar-refractivity contribution in [3.63, 3.8) is 0 Å². The number of aromatic nitrogens is 15. The number of H-pyrrole nitrogens is 3. The Morgan fingerprint density at radius 3 is 1.58 bits per heavy atom. The minimum absolute atomic E-state index is 0. The quantitative estimate of drug-likeness (QED) is 0.146. The normalized spacial score (nSPS) is 10.0. The van der Waals surface area contributed by atoms with Crippen LogP contribution in [0.1, 0.15) is 123 Å². The number of rotatable bonds is 2. The van der Waals surface area contributed by atoms with E-state index in [9.17, 15) is 4.39 Å². The Balaban J connectivity index is 0.000000282. The molecule has 10 heterocycles. The molecule has 15 aromatic rings.